The van der Waals surface area contributed by atoms with Gasteiger partial charge in [-0.25, -0.2) is 0 Å². The molecular formula is C24H21F3N4O3. The number of carbonyl (C=O) groups is 1. The molecule has 4 aromatic rings. The molecule has 1 amide bonds. The van der Waals surface area contributed by atoms with Crippen molar-refractivity contribution in [2.45, 2.75) is 25.8 Å². The van der Waals surface area contributed by atoms with E-state index in [1.165, 1.54) is 12.1 Å². The van der Waals surface area contributed by atoms with Crippen molar-refractivity contribution >= 4 is 5.91 Å². The van der Waals surface area contributed by atoms with E-state index in [-0.39, 0.29) is 29.7 Å². The molecule has 0 aliphatic carbocycles. The van der Waals surface area contributed by atoms with Crippen molar-refractivity contribution in [3.8, 4) is 11.4 Å². The van der Waals surface area contributed by atoms with Crippen LogP contribution in [-0.2, 0) is 25.8 Å². The Hall–Kier alpha value is -3.92. The van der Waals surface area contributed by atoms with Gasteiger partial charge in [0.1, 0.15) is 5.76 Å². The van der Waals surface area contributed by atoms with Gasteiger partial charge in [-0.1, -0.05) is 29.4 Å². The summed E-state index contributed by atoms with van der Waals surface area (Å²) in [6.45, 7) is 1.16. The average molecular weight is 470 g/mol. The van der Waals surface area contributed by atoms with Crippen LogP contribution in [0, 0.1) is 0 Å². The molecule has 0 aliphatic rings. The lowest BCUT2D eigenvalue weighted by atomic mass is 10.1. The molecule has 1 N–H and O–H groups in total. The molecule has 2 aromatic carbocycles. The van der Waals surface area contributed by atoms with E-state index >= 15 is 0 Å². The van der Waals surface area contributed by atoms with Crippen LogP contribution in [0.3, 0.4) is 0 Å². The Morgan fingerprint density at radius 2 is 1.82 bits per heavy atom. The fourth-order valence-electron chi connectivity index (χ4n) is 3.42. The van der Waals surface area contributed by atoms with Crippen LogP contribution in [0.2, 0.25) is 0 Å². The quantitative estimate of drug-likeness (QED) is 0.394. The maximum absolute atomic E-state index is 13.0. The summed E-state index contributed by atoms with van der Waals surface area (Å²) < 4.78 is 49.9. The van der Waals surface area contributed by atoms with Crippen LogP contribution in [0.25, 0.3) is 11.4 Å². The molecule has 176 valence electrons. The first kappa shape index (κ1) is 23.2. The lowest BCUT2D eigenvalue weighted by molar-refractivity contribution is -0.137. The molecule has 2 heterocycles. The zero-order valence-corrected chi connectivity index (χ0v) is 18.2. The Labute approximate surface area is 193 Å². The highest BCUT2D eigenvalue weighted by molar-refractivity contribution is 5.93. The van der Waals surface area contributed by atoms with Gasteiger partial charge in [0, 0.05) is 24.7 Å². The van der Waals surface area contributed by atoms with E-state index in [0.717, 1.165) is 23.5 Å². The van der Waals surface area contributed by atoms with Crippen molar-refractivity contribution in [1.29, 1.82) is 0 Å². The van der Waals surface area contributed by atoms with Crippen LogP contribution >= 0.6 is 0 Å². The second-order valence-electron chi connectivity index (χ2n) is 7.59. The monoisotopic (exact) mass is 470 g/mol. The van der Waals surface area contributed by atoms with Crippen molar-refractivity contribution < 1.29 is 26.9 Å². The molecule has 0 fully saturated rings. The van der Waals surface area contributed by atoms with Gasteiger partial charge in [0.2, 0.25) is 11.7 Å². The summed E-state index contributed by atoms with van der Waals surface area (Å²) in [4.78, 5) is 18.0. The summed E-state index contributed by atoms with van der Waals surface area (Å²) in [5.74, 6) is 0.876. The topological polar surface area (TPSA) is 84.4 Å². The number of nitrogens with one attached hydrogen (secondary N) is 1. The average Bonchev–Trinajstić information content (AvgIpc) is 3.51. The minimum absolute atomic E-state index is 0.0778. The van der Waals surface area contributed by atoms with Crippen LogP contribution < -0.4 is 5.32 Å². The third kappa shape index (κ3) is 5.70. The van der Waals surface area contributed by atoms with E-state index in [1.807, 2.05) is 23.1 Å². The van der Waals surface area contributed by atoms with Crippen LogP contribution in [-0.4, -0.2) is 28.0 Å². The van der Waals surface area contributed by atoms with Crippen molar-refractivity contribution in [1.82, 2.24) is 20.4 Å². The van der Waals surface area contributed by atoms with Gasteiger partial charge in [-0.15, -0.1) is 0 Å². The predicted molar refractivity (Wildman–Crippen MR) is 116 cm³/mol. The van der Waals surface area contributed by atoms with E-state index in [9.17, 15) is 18.0 Å². The summed E-state index contributed by atoms with van der Waals surface area (Å²) in [5, 5.41) is 6.44. The highest BCUT2D eigenvalue weighted by atomic mass is 19.4. The molecule has 0 saturated carbocycles. The lowest BCUT2D eigenvalue weighted by Gasteiger charge is -2.19. The first-order valence-corrected chi connectivity index (χ1v) is 10.4. The third-order valence-electron chi connectivity index (χ3n) is 5.08. The minimum Gasteiger partial charge on any atom is -0.468 e. The number of nitrogens with zero attached hydrogens (tertiary/aromatic N) is 3. The van der Waals surface area contributed by atoms with Gasteiger partial charge in [0.25, 0.3) is 5.91 Å². The molecule has 0 radical (unpaired) electrons. The van der Waals surface area contributed by atoms with Crippen LogP contribution in [0.4, 0.5) is 13.2 Å². The number of hydrogen-bond acceptors (Lipinski definition) is 6. The van der Waals surface area contributed by atoms with Gasteiger partial charge in [-0.2, -0.15) is 18.2 Å². The highest BCUT2D eigenvalue weighted by Crippen LogP contribution is 2.31. The fourth-order valence-corrected chi connectivity index (χ4v) is 3.42. The van der Waals surface area contributed by atoms with Crippen molar-refractivity contribution in [2.24, 2.45) is 0 Å². The van der Waals surface area contributed by atoms with Crippen LogP contribution in [0.15, 0.2) is 75.9 Å². The summed E-state index contributed by atoms with van der Waals surface area (Å²) in [6, 6.07) is 15.6. The Morgan fingerprint density at radius 3 is 2.50 bits per heavy atom. The first-order chi connectivity index (χ1) is 16.3. The van der Waals surface area contributed by atoms with Gasteiger partial charge >= 0.3 is 6.18 Å². The van der Waals surface area contributed by atoms with Gasteiger partial charge in [0.15, 0.2) is 0 Å². The second-order valence-corrected chi connectivity index (χ2v) is 7.59. The standard InChI is InChI=1S/C24H21F3N4O3/c1-28-23(32)17-9-7-16(8-10-17)13-31(14-20-6-3-11-33-20)15-21-29-22(30-34-21)18-4-2-5-19(12-18)24(25,26)27/h2-12H,13-15H2,1H3,(H,28,32). The van der Waals surface area contributed by atoms with Gasteiger partial charge in [0.05, 0.1) is 24.9 Å². The number of furan rings is 1. The maximum atomic E-state index is 13.0. The molecule has 0 unspecified atom stereocenters. The number of aromatic nitrogens is 2. The zero-order chi connectivity index (χ0) is 24.1. The number of rotatable bonds is 8. The molecule has 4 rings (SSSR count). The van der Waals surface area contributed by atoms with Crippen molar-refractivity contribution in [3.63, 3.8) is 0 Å². The zero-order valence-electron chi connectivity index (χ0n) is 18.2. The number of amides is 1. The normalized spacial score (nSPS) is 11.7. The van der Waals surface area contributed by atoms with Crippen molar-refractivity contribution in [2.75, 3.05) is 7.05 Å². The number of alkyl halides is 3. The summed E-state index contributed by atoms with van der Waals surface area (Å²) >= 11 is 0. The van der Waals surface area contributed by atoms with Gasteiger partial charge < -0.3 is 14.3 Å². The largest absolute Gasteiger partial charge is 0.468 e. The molecule has 0 spiro atoms. The van der Waals surface area contributed by atoms with Crippen LogP contribution in [0.5, 0.6) is 0 Å². The van der Waals surface area contributed by atoms with E-state index in [2.05, 4.69) is 15.5 Å². The van der Waals surface area contributed by atoms with Crippen LogP contribution in [0.1, 0.15) is 33.1 Å². The predicted octanol–water partition coefficient (Wildman–Crippen LogP) is 4.91. The molecule has 0 bridgehead atoms. The molecule has 0 aliphatic heterocycles. The fraction of sp³-hybridized carbons (Fsp3) is 0.208. The maximum Gasteiger partial charge on any atom is 0.416 e. The Kier molecular flexibility index (Phi) is 6.78. The van der Waals surface area contributed by atoms with Gasteiger partial charge in [-0.05, 0) is 42.0 Å². The van der Waals surface area contributed by atoms with E-state index < -0.39 is 11.7 Å². The molecule has 10 heteroatoms. The Bertz CT molecular complexity index is 1240. The molecule has 7 nitrogen and oxygen atoms in total. The lowest BCUT2D eigenvalue weighted by Crippen LogP contribution is -2.22. The number of halogens is 3. The Morgan fingerprint density at radius 1 is 1.03 bits per heavy atom. The third-order valence-corrected chi connectivity index (χ3v) is 5.08. The Balaban J connectivity index is 1.52. The molecule has 0 saturated heterocycles. The smallest absolute Gasteiger partial charge is 0.416 e. The number of carbonyl (C=O) groups excluding carboxylic acids is 1. The van der Waals surface area contributed by atoms with E-state index in [4.69, 9.17) is 8.94 Å². The second kappa shape index (κ2) is 9.92. The number of hydrogen-bond donors (Lipinski definition) is 1. The van der Waals surface area contributed by atoms with E-state index in [0.29, 0.717) is 18.7 Å². The SMILES string of the molecule is CNC(=O)c1ccc(CN(Cc2ccco2)Cc2nc(-c3cccc(C(F)(F)F)c3)no2)cc1. The summed E-state index contributed by atoms with van der Waals surface area (Å²) in [7, 11) is 1.57. The highest BCUT2D eigenvalue weighted by Gasteiger charge is 2.30. The summed E-state index contributed by atoms with van der Waals surface area (Å²) in [5.41, 5.74) is 0.923. The minimum atomic E-state index is -4.46. The molecule has 34 heavy (non-hydrogen) atoms. The van der Waals surface area contributed by atoms with Gasteiger partial charge in [-0.3, -0.25) is 9.69 Å². The summed E-state index contributed by atoms with van der Waals surface area (Å²) in [6.07, 6.45) is -2.89. The molecular weight excluding hydrogens is 449 g/mol. The molecule has 2 aromatic heterocycles. The molecule has 0 atom stereocenters. The first-order valence-electron chi connectivity index (χ1n) is 10.4. The van der Waals surface area contributed by atoms with E-state index in [1.54, 1.807) is 31.5 Å². The van der Waals surface area contributed by atoms with Crippen molar-refractivity contribution in [3.05, 3.63) is 95.3 Å². The number of benzene rings is 2.